The number of nitrogen functional groups attached to an aromatic ring is 1. The number of thioether (sulfide) groups is 1. The van der Waals surface area contributed by atoms with Gasteiger partial charge in [-0.25, -0.2) is 18.7 Å². The number of carboxylic acid groups (broad SMARTS) is 1. The monoisotopic (exact) mass is 596 g/mol. The van der Waals surface area contributed by atoms with Crippen LogP contribution in [0.2, 0.25) is 4.34 Å². The Morgan fingerprint density at radius 3 is 2.89 bits per heavy atom. The molecule has 4 N–H and O–H groups in total. The Morgan fingerprint density at radius 1 is 1.37 bits per heavy atom. The molecule has 0 unspecified atom stereocenters. The Hall–Kier alpha value is -3.33. The maximum Gasteiger partial charge on any atom is 0.352 e. The highest BCUT2D eigenvalue weighted by Crippen LogP contribution is 2.40. The summed E-state index contributed by atoms with van der Waals surface area (Å²) >= 11 is 14.1. The van der Waals surface area contributed by atoms with Gasteiger partial charge in [0.1, 0.15) is 52.7 Å². The van der Waals surface area contributed by atoms with Gasteiger partial charge < -0.3 is 21.0 Å². The van der Waals surface area contributed by atoms with Crippen molar-refractivity contribution in [3.05, 3.63) is 58.1 Å². The van der Waals surface area contributed by atoms with E-state index in [4.69, 9.17) is 33.8 Å². The molecule has 0 bridgehead atoms. The standard InChI is InChI=1S/C22H19Cl2N7O5S2/c23-4-8-36-28-14(13-17(24)38-22(25)27-13)18(32)26-15-19(33)31-16(21(34)35)11(10-37-20(15)31)9-30-7-6-29-5-2-1-3-12(29)30/h1-3,5-7,15,20H,4,8-10H2,(H3-,25,26,27,32,34,35)/p+1/t15-,20+/m1/s1. The Bertz CT molecular complexity index is 1500. The van der Waals surface area contributed by atoms with Crippen LogP contribution in [0.5, 0.6) is 0 Å². The minimum atomic E-state index is -1.21. The number of thiazole rings is 1. The molecule has 2 atom stereocenters. The zero-order chi connectivity index (χ0) is 27.0. The molecule has 5 heterocycles. The SMILES string of the molecule is Nc1nc(C(=NOCCCl)C(=O)N[C@@H]2C(=O)N3C(C(=O)O)=C(C[n+]4ccn5ccccc54)CS[C@@H]23)c(Cl)s1. The van der Waals surface area contributed by atoms with E-state index in [-0.39, 0.29) is 39.1 Å². The average Bonchev–Trinajstić information content (AvgIpc) is 3.46. The molecule has 0 saturated carbocycles. The number of anilines is 1. The zero-order valence-electron chi connectivity index (χ0n) is 19.4. The fourth-order valence-electron chi connectivity index (χ4n) is 4.20. The number of oxime groups is 1. The maximum absolute atomic E-state index is 13.1. The van der Waals surface area contributed by atoms with E-state index < -0.39 is 29.2 Å². The van der Waals surface area contributed by atoms with E-state index in [1.165, 1.54) is 16.7 Å². The summed E-state index contributed by atoms with van der Waals surface area (Å²) in [7, 11) is 0. The number of nitrogens with one attached hydrogen (secondary N) is 1. The highest BCUT2D eigenvalue weighted by molar-refractivity contribution is 8.00. The van der Waals surface area contributed by atoms with E-state index in [1.807, 2.05) is 45.8 Å². The lowest BCUT2D eigenvalue weighted by molar-refractivity contribution is -0.662. The third-order valence-electron chi connectivity index (χ3n) is 5.83. The molecule has 0 aliphatic carbocycles. The molecule has 0 aromatic carbocycles. The van der Waals surface area contributed by atoms with Crippen molar-refractivity contribution in [2.45, 2.75) is 18.0 Å². The van der Waals surface area contributed by atoms with Crippen molar-refractivity contribution in [1.29, 1.82) is 0 Å². The molecule has 38 heavy (non-hydrogen) atoms. The van der Waals surface area contributed by atoms with Crippen molar-refractivity contribution in [3.63, 3.8) is 0 Å². The number of carbonyl (C=O) groups is 3. The normalized spacial score (nSPS) is 19.4. The lowest BCUT2D eigenvalue weighted by atomic mass is 10.0. The van der Waals surface area contributed by atoms with Gasteiger partial charge in [-0.2, -0.15) is 0 Å². The minimum absolute atomic E-state index is 0.00592. The minimum Gasteiger partial charge on any atom is -0.477 e. The second-order valence-corrected chi connectivity index (χ2v) is 11.3. The number of rotatable bonds is 9. The lowest BCUT2D eigenvalue weighted by Gasteiger charge is -2.49. The summed E-state index contributed by atoms with van der Waals surface area (Å²) in [6.45, 7) is 0.316. The summed E-state index contributed by atoms with van der Waals surface area (Å²) < 4.78 is 3.95. The molecule has 198 valence electrons. The molecule has 0 radical (unpaired) electrons. The molecule has 2 aliphatic heterocycles. The molecular formula is C22H20Cl2N7O5S2+. The molecule has 12 nitrogen and oxygen atoms in total. The number of nitrogens with zero attached hydrogens (tertiary/aromatic N) is 5. The largest absolute Gasteiger partial charge is 0.477 e. The van der Waals surface area contributed by atoms with Gasteiger partial charge in [0.2, 0.25) is 0 Å². The van der Waals surface area contributed by atoms with Crippen LogP contribution in [-0.2, 0) is 25.8 Å². The number of nitrogens with two attached hydrogens (primary N) is 1. The number of amides is 2. The molecule has 2 amide bonds. The molecule has 1 saturated heterocycles. The number of aliphatic carboxylic acids is 1. The predicted octanol–water partition coefficient (Wildman–Crippen LogP) is 1.32. The number of hydrogen-bond acceptors (Lipinski definition) is 9. The first-order valence-corrected chi connectivity index (χ1v) is 13.9. The molecule has 3 aromatic rings. The number of imidazole rings is 1. The number of β-lactam (4-membered cyclic amide) rings is 1. The highest BCUT2D eigenvalue weighted by Gasteiger charge is 2.54. The van der Waals surface area contributed by atoms with E-state index in [1.54, 1.807) is 0 Å². The molecule has 3 aromatic heterocycles. The van der Waals surface area contributed by atoms with Crippen LogP contribution in [0.15, 0.2) is 53.2 Å². The third kappa shape index (κ3) is 4.79. The number of carbonyl (C=O) groups excluding carboxylic acids is 2. The Morgan fingerprint density at radius 2 is 2.18 bits per heavy atom. The number of halogens is 2. The highest BCUT2D eigenvalue weighted by atomic mass is 35.5. The molecule has 0 spiro atoms. The van der Waals surface area contributed by atoms with Crippen LogP contribution in [0.1, 0.15) is 5.69 Å². The van der Waals surface area contributed by atoms with Crippen LogP contribution in [0.25, 0.3) is 5.65 Å². The van der Waals surface area contributed by atoms with Crippen molar-refractivity contribution < 1.29 is 28.9 Å². The summed E-state index contributed by atoms with van der Waals surface area (Å²) in [4.78, 5) is 48.8. The van der Waals surface area contributed by atoms with Crippen molar-refractivity contribution in [2.75, 3.05) is 24.0 Å². The van der Waals surface area contributed by atoms with Gasteiger partial charge in [0.05, 0.1) is 12.1 Å². The van der Waals surface area contributed by atoms with Crippen LogP contribution >= 0.6 is 46.3 Å². The second kappa shape index (κ2) is 10.8. The zero-order valence-corrected chi connectivity index (χ0v) is 22.6. The smallest absolute Gasteiger partial charge is 0.352 e. The maximum atomic E-state index is 13.1. The van der Waals surface area contributed by atoms with Crippen LogP contribution in [0.4, 0.5) is 5.13 Å². The fraction of sp³-hybridized carbons (Fsp3) is 0.273. The number of aromatic nitrogens is 3. The molecule has 5 rings (SSSR count). The fourth-order valence-corrected chi connectivity index (χ4v) is 6.53. The number of pyridine rings is 1. The van der Waals surface area contributed by atoms with E-state index in [0.717, 1.165) is 17.0 Å². The quantitative estimate of drug-likeness (QED) is 0.0833. The molecular weight excluding hydrogens is 577 g/mol. The van der Waals surface area contributed by atoms with Crippen molar-refractivity contribution >= 4 is 80.6 Å². The first-order valence-electron chi connectivity index (χ1n) is 11.1. The number of alkyl halides is 1. The molecule has 2 aliphatic rings. The topological polar surface area (TPSA) is 155 Å². The third-order valence-corrected chi connectivity index (χ3v) is 8.41. The van der Waals surface area contributed by atoms with Crippen LogP contribution in [0, 0.1) is 0 Å². The summed E-state index contributed by atoms with van der Waals surface area (Å²) in [6.07, 6.45) is 5.61. The van der Waals surface area contributed by atoms with E-state index in [2.05, 4.69) is 15.5 Å². The first-order chi connectivity index (χ1) is 18.3. The molecule has 1 fully saturated rings. The van der Waals surface area contributed by atoms with Gasteiger partial charge in [-0.3, -0.25) is 14.5 Å². The Labute approximate surface area is 233 Å². The summed E-state index contributed by atoms with van der Waals surface area (Å²) in [5.74, 6) is -2.05. The summed E-state index contributed by atoms with van der Waals surface area (Å²) in [5, 5.41) is 15.9. The summed E-state index contributed by atoms with van der Waals surface area (Å²) in [6, 6.07) is 4.71. The van der Waals surface area contributed by atoms with Crippen LogP contribution < -0.4 is 15.6 Å². The number of carboxylic acids is 1. The van der Waals surface area contributed by atoms with Gasteiger partial charge in [-0.15, -0.1) is 23.4 Å². The number of hydrogen-bond donors (Lipinski definition) is 3. The average molecular weight is 597 g/mol. The predicted molar refractivity (Wildman–Crippen MR) is 142 cm³/mol. The van der Waals surface area contributed by atoms with Crippen molar-refractivity contribution in [3.8, 4) is 0 Å². The number of fused-ring (bicyclic) bond motifs is 2. The molecule has 16 heteroatoms. The van der Waals surface area contributed by atoms with Gasteiger partial charge in [-0.1, -0.05) is 34.2 Å². The van der Waals surface area contributed by atoms with Gasteiger partial charge in [0.15, 0.2) is 10.8 Å². The van der Waals surface area contributed by atoms with Gasteiger partial charge >= 0.3 is 5.97 Å². The van der Waals surface area contributed by atoms with Crippen LogP contribution in [-0.4, -0.2) is 72.5 Å². The van der Waals surface area contributed by atoms with Crippen LogP contribution in [0.3, 0.4) is 0 Å². The van der Waals surface area contributed by atoms with E-state index >= 15 is 0 Å². The summed E-state index contributed by atoms with van der Waals surface area (Å²) in [5.41, 5.74) is 6.81. The van der Waals surface area contributed by atoms with Crippen molar-refractivity contribution in [2.24, 2.45) is 5.16 Å². The lowest BCUT2D eigenvalue weighted by Crippen LogP contribution is -2.71. The Balaban J connectivity index is 1.37. The van der Waals surface area contributed by atoms with Crippen molar-refractivity contribution in [1.82, 2.24) is 19.6 Å². The first kappa shape index (κ1) is 26.3. The van der Waals surface area contributed by atoms with Gasteiger partial charge in [0.25, 0.3) is 17.5 Å². The van der Waals surface area contributed by atoms with Gasteiger partial charge in [-0.05, 0) is 6.07 Å². The van der Waals surface area contributed by atoms with E-state index in [0.29, 0.717) is 17.9 Å². The van der Waals surface area contributed by atoms with Gasteiger partial charge in [0, 0.05) is 17.4 Å². The second-order valence-electron chi connectivity index (χ2n) is 8.15. The van der Waals surface area contributed by atoms with E-state index in [9.17, 15) is 19.5 Å². The Kier molecular flexibility index (Phi) is 7.47.